The highest BCUT2D eigenvalue weighted by molar-refractivity contribution is 5.90. The van der Waals surface area contributed by atoms with Gasteiger partial charge in [-0.2, -0.15) is 0 Å². The smallest absolute Gasteiger partial charge is 0.305 e. The maximum absolute atomic E-state index is 11.4. The average molecular weight is 418 g/mol. The van der Waals surface area contributed by atoms with Crippen LogP contribution in [0.4, 0.5) is 5.69 Å². The molecular formula is C25H26N2O4. The van der Waals surface area contributed by atoms with Crippen molar-refractivity contribution in [2.75, 3.05) is 18.9 Å². The van der Waals surface area contributed by atoms with E-state index >= 15 is 0 Å². The molecule has 0 amide bonds. The van der Waals surface area contributed by atoms with Gasteiger partial charge in [0.05, 0.1) is 18.8 Å². The summed E-state index contributed by atoms with van der Waals surface area (Å²) in [4.78, 5) is 16.1. The number of carbonyl (C=O) groups is 1. The van der Waals surface area contributed by atoms with Crippen molar-refractivity contribution in [3.05, 3.63) is 54.6 Å². The second-order valence-corrected chi connectivity index (χ2v) is 7.41. The Labute approximate surface area is 181 Å². The average Bonchev–Trinajstić information content (AvgIpc) is 3.18. The summed E-state index contributed by atoms with van der Waals surface area (Å²) in [6, 6.07) is 17.6. The second kappa shape index (κ2) is 9.51. The Kier molecular flexibility index (Phi) is 6.36. The SMILES string of the molecule is CCOC(=O)CCCCCOc1cc2ccccc2cc1-c1nc2ccc(N)cc2o1. The van der Waals surface area contributed by atoms with Gasteiger partial charge in [0.2, 0.25) is 5.89 Å². The third-order valence-corrected chi connectivity index (χ3v) is 5.08. The molecular weight excluding hydrogens is 392 g/mol. The Morgan fingerprint density at radius 1 is 1.03 bits per heavy atom. The fraction of sp³-hybridized carbons (Fsp3) is 0.280. The Balaban J connectivity index is 1.52. The molecule has 0 unspecified atom stereocenters. The van der Waals surface area contributed by atoms with Gasteiger partial charge in [0, 0.05) is 18.2 Å². The van der Waals surface area contributed by atoms with E-state index in [9.17, 15) is 4.79 Å². The lowest BCUT2D eigenvalue weighted by Gasteiger charge is -2.11. The van der Waals surface area contributed by atoms with E-state index in [1.807, 2.05) is 43.3 Å². The van der Waals surface area contributed by atoms with Crippen molar-refractivity contribution in [2.24, 2.45) is 0 Å². The van der Waals surface area contributed by atoms with Gasteiger partial charge in [0.1, 0.15) is 11.3 Å². The first kappa shape index (κ1) is 20.7. The molecule has 0 aliphatic heterocycles. The highest BCUT2D eigenvalue weighted by Gasteiger charge is 2.15. The first-order valence-electron chi connectivity index (χ1n) is 10.6. The molecule has 0 saturated heterocycles. The first-order chi connectivity index (χ1) is 15.1. The lowest BCUT2D eigenvalue weighted by atomic mass is 10.1. The summed E-state index contributed by atoms with van der Waals surface area (Å²) in [6.45, 7) is 2.79. The molecule has 31 heavy (non-hydrogen) atoms. The lowest BCUT2D eigenvalue weighted by Crippen LogP contribution is -2.04. The van der Waals surface area contributed by atoms with Crippen LogP contribution < -0.4 is 10.5 Å². The zero-order valence-electron chi connectivity index (χ0n) is 17.6. The van der Waals surface area contributed by atoms with Gasteiger partial charge in [-0.3, -0.25) is 4.79 Å². The van der Waals surface area contributed by atoms with Gasteiger partial charge in [0.15, 0.2) is 5.58 Å². The summed E-state index contributed by atoms with van der Waals surface area (Å²) >= 11 is 0. The van der Waals surface area contributed by atoms with Gasteiger partial charge in [-0.05, 0) is 61.2 Å². The maximum Gasteiger partial charge on any atom is 0.305 e. The number of nitrogen functional groups attached to an aromatic ring is 1. The molecule has 6 heteroatoms. The van der Waals surface area contributed by atoms with Crippen LogP contribution in [0.25, 0.3) is 33.3 Å². The van der Waals surface area contributed by atoms with Crippen molar-refractivity contribution < 1.29 is 18.7 Å². The van der Waals surface area contributed by atoms with Gasteiger partial charge < -0.3 is 19.6 Å². The minimum atomic E-state index is -0.142. The van der Waals surface area contributed by atoms with Gasteiger partial charge in [-0.1, -0.05) is 24.3 Å². The van der Waals surface area contributed by atoms with Crippen molar-refractivity contribution in [3.63, 3.8) is 0 Å². The van der Waals surface area contributed by atoms with E-state index < -0.39 is 0 Å². The first-order valence-corrected chi connectivity index (χ1v) is 10.6. The zero-order chi connectivity index (χ0) is 21.6. The predicted molar refractivity (Wildman–Crippen MR) is 122 cm³/mol. The molecule has 0 radical (unpaired) electrons. The molecule has 0 spiro atoms. The van der Waals surface area contributed by atoms with Crippen molar-refractivity contribution in [3.8, 4) is 17.2 Å². The van der Waals surface area contributed by atoms with E-state index in [0.717, 1.165) is 46.9 Å². The van der Waals surface area contributed by atoms with Gasteiger partial charge in [-0.25, -0.2) is 4.98 Å². The molecule has 0 saturated carbocycles. The summed E-state index contributed by atoms with van der Waals surface area (Å²) in [7, 11) is 0. The quantitative estimate of drug-likeness (QED) is 0.212. The number of oxazole rings is 1. The van der Waals surface area contributed by atoms with Crippen molar-refractivity contribution in [2.45, 2.75) is 32.6 Å². The van der Waals surface area contributed by atoms with Gasteiger partial charge in [0.25, 0.3) is 0 Å². The van der Waals surface area contributed by atoms with E-state index in [4.69, 9.17) is 19.6 Å². The number of nitrogens with zero attached hydrogens (tertiary/aromatic N) is 1. The number of hydrogen-bond donors (Lipinski definition) is 1. The van der Waals surface area contributed by atoms with Crippen LogP contribution in [0, 0.1) is 0 Å². The maximum atomic E-state index is 11.4. The standard InChI is InChI=1S/C25H26N2O4/c1-2-29-24(28)10-4-3-7-13-30-22-15-18-9-6-5-8-17(18)14-20(22)25-27-21-12-11-19(26)16-23(21)31-25/h5-6,8-9,11-12,14-16H,2-4,7,10,13,26H2,1H3. The van der Waals surface area contributed by atoms with Crippen molar-refractivity contribution in [1.29, 1.82) is 0 Å². The van der Waals surface area contributed by atoms with E-state index in [1.165, 1.54) is 0 Å². The van der Waals surface area contributed by atoms with Crippen LogP contribution in [-0.2, 0) is 9.53 Å². The Morgan fingerprint density at radius 2 is 1.84 bits per heavy atom. The minimum Gasteiger partial charge on any atom is -0.493 e. The summed E-state index contributed by atoms with van der Waals surface area (Å²) in [5, 5.41) is 2.17. The number of nitrogens with two attached hydrogens (primary N) is 1. The number of unbranched alkanes of at least 4 members (excludes halogenated alkanes) is 2. The van der Waals surface area contributed by atoms with Crippen LogP contribution in [0.3, 0.4) is 0 Å². The Bertz CT molecular complexity index is 1200. The number of carbonyl (C=O) groups excluding carboxylic acids is 1. The molecule has 0 fully saturated rings. The molecule has 6 nitrogen and oxygen atoms in total. The second-order valence-electron chi connectivity index (χ2n) is 7.41. The molecule has 3 aromatic carbocycles. The number of fused-ring (bicyclic) bond motifs is 2. The molecule has 4 aromatic rings. The molecule has 2 N–H and O–H groups in total. The number of esters is 1. The molecule has 4 rings (SSSR count). The normalized spacial score (nSPS) is 11.1. The molecule has 1 heterocycles. The summed E-state index contributed by atoms with van der Waals surface area (Å²) in [5.74, 6) is 1.09. The van der Waals surface area contributed by atoms with Crippen LogP contribution in [-0.4, -0.2) is 24.2 Å². The number of benzene rings is 3. The monoisotopic (exact) mass is 418 g/mol. The fourth-order valence-corrected chi connectivity index (χ4v) is 3.53. The van der Waals surface area contributed by atoms with Crippen LogP contribution in [0.5, 0.6) is 5.75 Å². The number of hydrogen-bond acceptors (Lipinski definition) is 6. The molecule has 1 aromatic heterocycles. The number of anilines is 1. The third-order valence-electron chi connectivity index (χ3n) is 5.08. The molecule has 0 bridgehead atoms. The number of aromatic nitrogens is 1. The van der Waals surface area contributed by atoms with Crippen molar-refractivity contribution in [1.82, 2.24) is 4.98 Å². The summed E-state index contributed by atoms with van der Waals surface area (Å²) < 4.78 is 17.1. The molecule has 160 valence electrons. The third kappa shape index (κ3) is 4.97. The summed E-state index contributed by atoms with van der Waals surface area (Å²) in [5.41, 5.74) is 8.71. The lowest BCUT2D eigenvalue weighted by molar-refractivity contribution is -0.143. The van der Waals surface area contributed by atoms with Crippen LogP contribution in [0.1, 0.15) is 32.6 Å². The van der Waals surface area contributed by atoms with Crippen LogP contribution >= 0.6 is 0 Å². The highest BCUT2D eigenvalue weighted by atomic mass is 16.5. The molecule has 0 atom stereocenters. The zero-order valence-corrected chi connectivity index (χ0v) is 17.6. The van der Waals surface area contributed by atoms with E-state index in [0.29, 0.717) is 36.8 Å². The number of ether oxygens (including phenoxy) is 2. The predicted octanol–water partition coefficient (Wildman–Crippen LogP) is 5.73. The topological polar surface area (TPSA) is 87.6 Å². The van der Waals surface area contributed by atoms with E-state index in [2.05, 4.69) is 17.1 Å². The highest BCUT2D eigenvalue weighted by Crippen LogP contribution is 2.36. The van der Waals surface area contributed by atoms with Gasteiger partial charge in [-0.15, -0.1) is 0 Å². The summed E-state index contributed by atoms with van der Waals surface area (Å²) in [6.07, 6.45) is 2.97. The van der Waals surface area contributed by atoms with Gasteiger partial charge >= 0.3 is 5.97 Å². The number of rotatable bonds is 9. The van der Waals surface area contributed by atoms with Crippen LogP contribution in [0.2, 0.25) is 0 Å². The van der Waals surface area contributed by atoms with E-state index in [-0.39, 0.29) is 5.97 Å². The van der Waals surface area contributed by atoms with Crippen LogP contribution in [0.15, 0.2) is 59.0 Å². The Hall–Kier alpha value is -3.54. The molecule has 0 aliphatic carbocycles. The molecule has 0 aliphatic rings. The van der Waals surface area contributed by atoms with E-state index in [1.54, 1.807) is 6.07 Å². The fourth-order valence-electron chi connectivity index (χ4n) is 3.53. The minimum absolute atomic E-state index is 0.142. The largest absolute Gasteiger partial charge is 0.493 e. The Morgan fingerprint density at radius 3 is 2.65 bits per heavy atom. The van der Waals surface area contributed by atoms with Crippen molar-refractivity contribution >= 4 is 33.5 Å².